The number of pyridine rings is 1. The summed E-state index contributed by atoms with van der Waals surface area (Å²) in [5.41, 5.74) is 5.28. The van der Waals surface area contributed by atoms with Crippen LogP contribution in [0, 0.1) is 13.8 Å². The fourth-order valence-corrected chi connectivity index (χ4v) is 4.23. The number of methoxy groups -OCH3 is 1. The highest BCUT2D eigenvalue weighted by molar-refractivity contribution is 5.91. The summed E-state index contributed by atoms with van der Waals surface area (Å²) in [7, 11) is 3.65. The molecule has 0 saturated carbocycles. The molecule has 0 bridgehead atoms. The molecule has 5 aromatic rings. The van der Waals surface area contributed by atoms with Crippen molar-refractivity contribution in [3.63, 3.8) is 0 Å². The molecule has 0 amide bonds. The van der Waals surface area contributed by atoms with Crippen LogP contribution in [0.2, 0.25) is 0 Å². The van der Waals surface area contributed by atoms with Gasteiger partial charge in [0.05, 0.1) is 30.5 Å². The first-order chi connectivity index (χ1) is 17.3. The van der Waals surface area contributed by atoms with Crippen molar-refractivity contribution in [3.05, 3.63) is 66.3 Å². The van der Waals surface area contributed by atoms with Gasteiger partial charge in [0.2, 0.25) is 0 Å². The lowest BCUT2D eigenvalue weighted by Gasteiger charge is -2.11. The van der Waals surface area contributed by atoms with Crippen LogP contribution in [-0.2, 0) is 7.05 Å². The van der Waals surface area contributed by atoms with E-state index in [2.05, 4.69) is 14.9 Å². The maximum absolute atomic E-state index is 5.89. The highest BCUT2D eigenvalue weighted by atomic mass is 16.5. The third-order valence-electron chi connectivity index (χ3n) is 5.81. The molecular weight excluding hydrogens is 454 g/mol. The highest BCUT2D eigenvalue weighted by Gasteiger charge is 2.17. The number of benzene rings is 2. The Hall–Kier alpha value is -4.33. The van der Waals surface area contributed by atoms with Crippen molar-refractivity contribution in [3.8, 4) is 34.2 Å². The fraction of sp³-hybridized carbons (Fsp3) is 0.250. The maximum atomic E-state index is 5.89. The van der Waals surface area contributed by atoms with Crippen LogP contribution in [0.1, 0.15) is 25.4 Å². The van der Waals surface area contributed by atoms with Gasteiger partial charge in [-0.2, -0.15) is 0 Å². The minimum Gasteiger partial charge on any atom is -0.496 e. The van der Waals surface area contributed by atoms with Crippen molar-refractivity contribution in [1.29, 1.82) is 0 Å². The molecule has 184 valence electrons. The van der Waals surface area contributed by atoms with E-state index in [1.54, 1.807) is 13.3 Å². The quantitative estimate of drug-likeness (QED) is 0.285. The number of imidazole rings is 1. The monoisotopic (exact) mass is 483 g/mol. The smallest absolute Gasteiger partial charge is 0.191 e. The normalized spacial score (nSPS) is 11.3. The Balaban J connectivity index is 1.54. The zero-order valence-electron chi connectivity index (χ0n) is 21.3. The third-order valence-corrected chi connectivity index (χ3v) is 5.81. The van der Waals surface area contributed by atoms with Gasteiger partial charge in [-0.15, -0.1) is 0 Å². The molecule has 2 aromatic carbocycles. The number of rotatable bonds is 7. The van der Waals surface area contributed by atoms with E-state index in [1.807, 2.05) is 83.3 Å². The average molecular weight is 484 g/mol. The zero-order valence-corrected chi connectivity index (χ0v) is 21.3. The van der Waals surface area contributed by atoms with E-state index in [4.69, 9.17) is 23.9 Å². The SMILES string of the molecule is COc1cc(Nc2nc(C)cc3c2nc(-c2cccc(OC(C)C)c2)n3C)ccc1-c1cnc(C)o1. The van der Waals surface area contributed by atoms with Gasteiger partial charge in [-0.3, -0.25) is 0 Å². The second-order valence-electron chi connectivity index (χ2n) is 8.95. The summed E-state index contributed by atoms with van der Waals surface area (Å²) in [6.07, 6.45) is 1.79. The zero-order chi connectivity index (χ0) is 25.4. The van der Waals surface area contributed by atoms with E-state index < -0.39 is 0 Å². The average Bonchev–Trinajstić information content (AvgIpc) is 3.42. The van der Waals surface area contributed by atoms with Crippen LogP contribution in [-0.4, -0.2) is 32.7 Å². The summed E-state index contributed by atoms with van der Waals surface area (Å²) >= 11 is 0. The maximum Gasteiger partial charge on any atom is 0.191 e. The summed E-state index contributed by atoms with van der Waals surface area (Å²) in [5.74, 6) is 4.26. The number of hydrogen-bond donors (Lipinski definition) is 1. The topological polar surface area (TPSA) is 87.2 Å². The number of nitrogens with one attached hydrogen (secondary N) is 1. The molecule has 0 saturated heterocycles. The lowest BCUT2D eigenvalue weighted by molar-refractivity contribution is 0.242. The molecule has 5 rings (SSSR count). The number of anilines is 2. The minimum atomic E-state index is 0.0970. The summed E-state index contributed by atoms with van der Waals surface area (Å²) in [5, 5.41) is 3.44. The Morgan fingerprint density at radius 2 is 1.86 bits per heavy atom. The standard InChI is InChI=1S/C28H29N5O3/c1-16(2)35-21-9-7-8-19(13-21)28-32-26-23(33(28)5)12-17(3)30-27(26)31-20-10-11-22(24(14-20)34-6)25-15-29-18(4)36-25/h7-16H,1-6H3,(H,30,31). The number of nitrogens with zero attached hydrogens (tertiary/aromatic N) is 4. The van der Waals surface area contributed by atoms with E-state index in [9.17, 15) is 0 Å². The molecule has 3 aromatic heterocycles. The second kappa shape index (κ2) is 9.37. The number of aryl methyl sites for hydroxylation is 3. The van der Waals surface area contributed by atoms with E-state index in [0.29, 0.717) is 23.2 Å². The van der Waals surface area contributed by atoms with Gasteiger partial charge in [-0.1, -0.05) is 12.1 Å². The van der Waals surface area contributed by atoms with E-state index in [-0.39, 0.29) is 6.10 Å². The van der Waals surface area contributed by atoms with Gasteiger partial charge in [-0.25, -0.2) is 15.0 Å². The fourth-order valence-electron chi connectivity index (χ4n) is 4.23. The summed E-state index contributed by atoms with van der Waals surface area (Å²) in [6.45, 7) is 7.82. The lowest BCUT2D eigenvalue weighted by atomic mass is 10.1. The van der Waals surface area contributed by atoms with Gasteiger partial charge in [0.1, 0.15) is 22.8 Å². The second-order valence-corrected chi connectivity index (χ2v) is 8.95. The molecule has 8 heteroatoms. The molecule has 0 unspecified atom stereocenters. The van der Waals surface area contributed by atoms with E-state index >= 15 is 0 Å². The molecule has 36 heavy (non-hydrogen) atoms. The number of ether oxygens (including phenoxy) is 2. The van der Waals surface area contributed by atoms with Crippen molar-refractivity contribution >= 4 is 22.5 Å². The van der Waals surface area contributed by atoms with Crippen LogP contribution in [0.5, 0.6) is 11.5 Å². The summed E-state index contributed by atoms with van der Waals surface area (Å²) < 4.78 is 19.3. The van der Waals surface area contributed by atoms with Gasteiger partial charge in [-0.05, 0) is 51.1 Å². The van der Waals surface area contributed by atoms with Crippen LogP contribution < -0.4 is 14.8 Å². The first-order valence-corrected chi connectivity index (χ1v) is 11.8. The van der Waals surface area contributed by atoms with E-state index in [0.717, 1.165) is 45.1 Å². The third kappa shape index (κ3) is 4.49. The molecule has 0 atom stereocenters. The first-order valence-electron chi connectivity index (χ1n) is 11.8. The van der Waals surface area contributed by atoms with Gasteiger partial charge in [0, 0.05) is 37.0 Å². The van der Waals surface area contributed by atoms with Crippen molar-refractivity contribution in [2.45, 2.75) is 33.8 Å². The van der Waals surface area contributed by atoms with Gasteiger partial charge < -0.3 is 23.8 Å². The van der Waals surface area contributed by atoms with Crippen LogP contribution >= 0.6 is 0 Å². The number of aromatic nitrogens is 4. The number of fused-ring (bicyclic) bond motifs is 1. The van der Waals surface area contributed by atoms with Crippen LogP contribution in [0.25, 0.3) is 33.7 Å². The van der Waals surface area contributed by atoms with E-state index in [1.165, 1.54) is 0 Å². The molecule has 0 fully saturated rings. The van der Waals surface area contributed by atoms with Gasteiger partial charge >= 0.3 is 0 Å². The molecule has 0 aliphatic heterocycles. The molecule has 3 heterocycles. The van der Waals surface area contributed by atoms with Crippen molar-refractivity contribution in [2.24, 2.45) is 7.05 Å². The van der Waals surface area contributed by atoms with Gasteiger partial charge in [0.25, 0.3) is 0 Å². The van der Waals surface area contributed by atoms with Gasteiger partial charge in [0.15, 0.2) is 17.5 Å². The molecule has 0 aliphatic rings. The number of hydrogen-bond acceptors (Lipinski definition) is 7. The Morgan fingerprint density at radius 1 is 1.03 bits per heavy atom. The van der Waals surface area contributed by atoms with Crippen molar-refractivity contribution < 1.29 is 13.9 Å². The van der Waals surface area contributed by atoms with Crippen molar-refractivity contribution in [1.82, 2.24) is 19.5 Å². The molecular formula is C28H29N5O3. The Bertz CT molecular complexity index is 1550. The van der Waals surface area contributed by atoms with Crippen LogP contribution in [0.4, 0.5) is 11.5 Å². The lowest BCUT2D eigenvalue weighted by Crippen LogP contribution is -2.05. The minimum absolute atomic E-state index is 0.0970. The molecule has 8 nitrogen and oxygen atoms in total. The molecule has 0 spiro atoms. The molecule has 1 N–H and O–H groups in total. The molecule has 0 aliphatic carbocycles. The Labute approximate surface area is 209 Å². The number of oxazole rings is 1. The summed E-state index contributed by atoms with van der Waals surface area (Å²) in [4.78, 5) is 13.9. The largest absolute Gasteiger partial charge is 0.496 e. The highest BCUT2D eigenvalue weighted by Crippen LogP contribution is 2.35. The predicted molar refractivity (Wildman–Crippen MR) is 141 cm³/mol. The molecule has 0 radical (unpaired) electrons. The predicted octanol–water partition coefficient (Wildman–Crippen LogP) is 6.45. The Morgan fingerprint density at radius 3 is 2.58 bits per heavy atom. The Kier molecular flexibility index (Phi) is 6.10. The van der Waals surface area contributed by atoms with Crippen molar-refractivity contribution in [2.75, 3.05) is 12.4 Å². The summed E-state index contributed by atoms with van der Waals surface area (Å²) in [6, 6.07) is 15.9. The first kappa shape index (κ1) is 23.4. The van der Waals surface area contributed by atoms with Crippen LogP contribution in [0.3, 0.4) is 0 Å². The van der Waals surface area contributed by atoms with Crippen LogP contribution in [0.15, 0.2) is 59.1 Å².